The van der Waals surface area contributed by atoms with Crippen molar-refractivity contribution >= 4 is 35.1 Å². The van der Waals surface area contributed by atoms with Crippen molar-refractivity contribution in [3.05, 3.63) is 45.5 Å². The Hall–Kier alpha value is -5.36. The van der Waals surface area contributed by atoms with E-state index in [1.165, 1.54) is 38.4 Å². The second kappa shape index (κ2) is 15.7. The molecule has 0 saturated carbocycles. The molecule has 2 aliphatic rings. The number of ether oxygens (including phenoxy) is 6. The molecular formula is C31H38N4O14. The van der Waals surface area contributed by atoms with E-state index < -0.39 is 58.7 Å². The van der Waals surface area contributed by atoms with Gasteiger partial charge in [-0.2, -0.15) is 0 Å². The van der Waals surface area contributed by atoms with Crippen LogP contribution in [0.15, 0.2) is 24.3 Å². The van der Waals surface area contributed by atoms with Crippen LogP contribution in [0.2, 0.25) is 0 Å². The van der Waals surface area contributed by atoms with Gasteiger partial charge in [-0.15, -0.1) is 0 Å². The largest absolute Gasteiger partial charge is 0.493 e. The molecule has 49 heavy (non-hydrogen) atoms. The van der Waals surface area contributed by atoms with E-state index in [4.69, 9.17) is 34.2 Å². The lowest BCUT2D eigenvalue weighted by atomic mass is 10.1. The summed E-state index contributed by atoms with van der Waals surface area (Å²) in [7, 11) is 4.97. The number of carbonyl (C=O) groups excluding carboxylic acids is 4. The smallest absolute Gasteiger partial charge is 0.328 e. The number of nitro benzene ring substituents is 1. The van der Waals surface area contributed by atoms with Crippen molar-refractivity contribution in [2.75, 3.05) is 60.5 Å². The van der Waals surface area contributed by atoms with Crippen LogP contribution in [-0.4, -0.2) is 128 Å². The quantitative estimate of drug-likeness (QED) is 0.0854. The monoisotopic (exact) mass is 690 g/mol. The number of hydrogen-bond donors (Lipinski definition) is 3. The highest BCUT2D eigenvalue weighted by molar-refractivity contribution is 6.02. The summed E-state index contributed by atoms with van der Waals surface area (Å²) in [6, 6.07) is 2.85. The second-order valence-corrected chi connectivity index (χ2v) is 11.2. The molecule has 0 radical (unpaired) electrons. The molecule has 0 spiro atoms. The van der Waals surface area contributed by atoms with E-state index in [1.54, 1.807) is 0 Å². The van der Waals surface area contributed by atoms with Crippen molar-refractivity contribution in [3.8, 4) is 23.0 Å². The molecule has 4 rings (SSSR count). The number of nitro groups is 1. The van der Waals surface area contributed by atoms with E-state index >= 15 is 0 Å². The molecule has 2 aromatic carbocycles. The summed E-state index contributed by atoms with van der Waals surface area (Å²) in [6.07, 6.45) is -1.71. The lowest BCUT2D eigenvalue weighted by Gasteiger charge is -2.23. The number of nitrogen functional groups attached to an aromatic ring is 1. The van der Waals surface area contributed by atoms with Crippen LogP contribution in [0.25, 0.3) is 0 Å². The Kier molecular flexibility index (Phi) is 11.7. The number of methoxy groups -OCH3 is 4. The Morgan fingerprint density at radius 1 is 0.776 bits per heavy atom. The molecule has 18 nitrogen and oxygen atoms in total. The maximum atomic E-state index is 13.4. The molecule has 2 amide bonds. The number of benzene rings is 2. The predicted molar refractivity (Wildman–Crippen MR) is 168 cm³/mol. The van der Waals surface area contributed by atoms with Gasteiger partial charge in [0.2, 0.25) is 0 Å². The number of esters is 2. The van der Waals surface area contributed by atoms with Gasteiger partial charge in [-0.3, -0.25) is 19.7 Å². The summed E-state index contributed by atoms with van der Waals surface area (Å²) >= 11 is 0. The molecule has 4 atom stereocenters. The van der Waals surface area contributed by atoms with Crippen LogP contribution in [0, 0.1) is 10.1 Å². The number of aliphatic hydroxyl groups excluding tert-OH is 2. The molecule has 0 bridgehead atoms. The molecular weight excluding hydrogens is 652 g/mol. The van der Waals surface area contributed by atoms with Gasteiger partial charge in [0.05, 0.1) is 70.4 Å². The number of aliphatic hydroxyl groups is 2. The molecule has 0 unspecified atom stereocenters. The van der Waals surface area contributed by atoms with Crippen molar-refractivity contribution < 1.29 is 62.7 Å². The summed E-state index contributed by atoms with van der Waals surface area (Å²) in [4.78, 5) is 64.4. The number of likely N-dealkylation sites (tertiary alicyclic amines) is 2. The van der Waals surface area contributed by atoms with Crippen LogP contribution < -0.4 is 24.7 Å². The fraction of sp³-hybridized carbons (Fsp3) is 0.484. The number of amides is 2. The van der Waals surface area contributed by atoms with Gasteiger partial charge in [0.1, 0.15) is 17.6 Å². The van der Waals surface area contributed by atoms with Gasteiger partial charge < -0.3 is 54.2 Å². The zero-order valence-electron chi connectivity index (χ0n) is 27.3. The molecule has 2 aromatic rings. The van der Waals surface area contributed by atoms with E-state index in [-0.39, 0.29) is 85.4 Å². The molecule has 2 aliphatic heterocycles. The van der Waals surface area contributed by atoms with Gasteiger partial charge in [0.15, 0.2) is 23.0 Å². The van der Waals surface area contributed by atoms with Crippen molar-refractivity contribution in [1.29, 1.82) is 0 Å². The zero-order valence-corrected chi connectivity index (χ0v) is 27.3. The average Bonchev–Trinajstić information content (AvgIpc) is 3.68. The fourth-order valence-corrected chi connectivity index (χ4v) is 5.71. The van der Waals surface area contributed by atoms with Gasteiger partial charge >= 0.3 is 11.9 Å². The van der Waals surface area contributed by atoms with E-state index in [0.29, 0.717) is 0 Å². The van der Waals surface area contributed by atoms with E-state index in [0.717, 1.165) is 24.1 Å². The van der Waals surface area contributed by atoms with Crippen molar-refractivity contribution in [2.45, 2.75) is 43.6 Å². The number of nitrogens with two attached hydrogens (primary N) is 1. The molecule has 2 saturated heterocycles. The first-order chi connectivity index (χ1) is 23.3. The lowest BCUT2D eigenvalue weighted by molar-refractivity contribution is -0.385. The van der Waals surface area contributed by atoms with Gasteiger partial charge in [-0.05, 0) is 6.07 Å². The standard InChI is InChI=1S/C31H38N4O14/c1-44-24-10-18(28(38)33-14-16(36)8-22(33)30(40)46-3)20(32)12-26(24)48-6-5-7-49-27-13-21(35(42)43)19(11-25(27)45-2)29(39)34-15-17(37)9-23(34)31(41)47-4/h10-13,16-17,22-23,36-37H,5-9,14-15,32H2,1-4H3/t16-,17-,22+,23+/m1/s1. The first-order valence-electron chi connectivity index (χ1n) is 15.1. The third-order valence-corrected chi connectivity index (χ3v) is 8.11. The first kappa shape index (κ1) is 36.5. The lowest BCUT2D eigenvalue weighted by Crippen LogP contribution is -2.41. The normalized spacial score (nSPS) is 20.0. The Morgan fingerprint density at radius 3 is 1.67 bits per heavy atom. The van der Waals surface area contributed by atoms with Gasteiger partial charge in [-0.25, -0.2) is 9.59 Å². The van der Waals surface area contributed by atoms with E-state index in [1.807, 2.05) is 0 Å². The van der Waals surface area contributed by atoms with Crippen molar-refractivity contribution in [1.82, 2.24) is 9.80 Å². The van der Waals surface area contributed by atoms with Crippen molar-refractivity contribution in [2.24, 2.45) is 0 Å². The predicted octanol–water partition coefficient (Wildman–Crippen LogP) is 0.539. The summed E-state index contributed by atoms with van der Waals surface area (Å²) in [6.45, 7) is -0.253. The minimum absolute atomic E-state index is 0.00981. The molecule has 0 aromatic heterocycles. The second-order valence-electron chi connectivity index (χ2n) is 11.2. The van der Waals surface area contributed by atoms with E-state index in [9.17, 15) is 39.5 Å². The Morgan fingerprint density at radius 2 is 1.22 bits per heavy atom. The molecule has 0 aliphatic carbocycles. The van der Waals surface area contributed by atoms with Crippen LogP contribution >= 0.6 is 0 Å². The Balaban J connectivity index is 1.43. The van der Waals surface area contributed by atoms with Crippen LogP contribution in [0.3, 0.4) is 0 Å². The molecule has 266 valence electrons. The summed E-state index contributed by atoms with van der Waals surface area (Å²) < 4.78 is 31.7. The summed E-state index contributed by atoms with van der Waals surface area (Å²) in [5, 5.41) is 32.1. The Labute approximate surface area is 280 Å². The summed E-state index contributed by atoms with van der Waals surface area (Å²) in [5.74, 6) is -2.52. The topological polar surface area (TPSA) is 240 Å². The number of hydrogen-bond acceptors (Lipinski definition) is 15. The van der Waals surface area contributed by atoms with Gasteiger partial charge in [0, 0.05) is 50.2 Å². The van der Waals surface area contributed by atoms with E-state index in [2.05, 4.69) is 0 Å². The molecule has 2 fully saturated rings. The molecule has 4 N–H and O–H groups in total. The molecule has 18 heteroatoms. The maximum Gasteiger partial charge on any atom is 0.328 e. The highest BCUT2D eigenvalue weighted by Crippen LogP contribution is 2.37. The van der Waals surface area contributed by atoms with Crippen molar-refractivity contribution in [3.63, 3.8) is 0 Å². The highest BCUT2D eigenvalue weighted by Gasteiger charge is 2.43. The average molecular weight is 691 g/mol. The number of anilines is 1. The Bertz CT molecular complexity index is 1600. The number of rotatable bonds is 13. The fourth-order valence-electron chi connectivity index (χ4n) is 5.71. The third kappa shape index (κ3) is 7.86. The van der Waals surface area contributed by atoms with Crippen LogP contribution in [0.1, 0.15) is 40.0 Å². The van der Waals surface area contributed by atoms with Crippen LogP contribution in [0.4, 0.5) is 11.4 Å². The van der Waals surface area contributed by atoms with Crippen LogP contribution in [-0.2, 0) is 19.1 Å². The number of β-amino-alcohol motifs (C(OH)–C–C–N with tert-alkyl or cyclic N) is 2. The third-order valence-electron chi connectivity index (χ3n) is 8.11. The van der Waals surface area contributed by atoms with Crippen LogP contribution in [0.5, 0.6) is 23.0 Å². The maximum absolute atomic E-state index is 13.4. The minimum atomic E-state index is -1.11. The van der Waals surface area contributed by atoms with Gasteiger partial charge in [-0.1, -0.05) is 0 Å². The number of carbonyl (C=O) groups is 4. The molecule has 2 heterocycles. The highest BCUT2D eigenvalue weighted by atomic mass is 16.6. The minimum Gasteiger partial charge on any atom is -0.493 e. The van der Waals surface area contributed by atoms with Gasteiger partial charge in [0.25, 0.3) is 17.5 Å². The summed E-state index contributed by atoms with van der Waals surface area (Å²) in [5.41, 5.74) is 5.28. The first-order valence-corrected chi connectivity index (χ1v) is 15.1. The zero-order chi connectivity index (χ0) is 36.0. The SMILES string of the molecule is COC(=O)[C@@H]1C[C@@H](O)CN1C(=O)c1cc(OC)c(OCCCOc2cc([N+](=O)[O-])c(C(=O)N3C[C@H](O)C[C@H]3C(=O)OC)cc2OC)cc1N. The number of nitrogens with zero attached hydrogens (tertiary/aromatic N) is 3.